The van der Waals surface area contributed by atoms with Gasteiger partial charge in [-0.25, -0.2) is 0 Å². The molecule has 0 saturated carbocycles. The summed E-state index contributed by atoms with van der Waals surface area (Å²) in [6.07, 6.45) is 4.53. The number of nitrogens with zero attached hydrogens (tertiary/aromatic N) is 4. The second-order valence-electron chi connectivity index (χ2n) is 8.21. The van der Waals surface area contributed by atoms with Crippen LogP contribution in [-0.2, 0) is 4.79 Å². The van der Waals surface area contributed by atoms with Gasteiger partial charge in [0.1, 0.15) is 0 Å². The van der Waals surface area contributed by atoms with E-state index < -0.39 is 0 Å². The molecule has 3 heterocycles. The summed E-state index contributed by atoms with van der Waals surface area (Å²) < 4.78 is 0. The highest BCUT2D eigenvalue weighted by Crippen LogP contribution is 2.24. The van der Waals surface area contributed by atoms with Crippen LogP contribution in [0, 0.1) is 11.8 Å². The molecule has 0 spiro atoms. The average Bonchev–Trinajstić information content (AvgIpc) is 2.69. The lowest BCUT2D eigenvalue weighted by atomic mass is 9.91. The molecule has 3 fully saturated rings. The van der Waals surface area contributed by atoms with Crippen molar-refractivity contribution in [3.8, 4) is 0 Å². The molecule has 0 aliphatic carbocycles. The van der Waals surface area contributed by atoms with Gasteiger partial charge in [-0.05, 0) is 57.8 Å². The van der Waals surface area contributed by atoms with E-state index >= 15 is 0 Å². The number of rotatable bonds is 5. The number of piperidine rings is 2. The summed E-state index contributed by atoms with van der Waals surface area (Å²) in [7, 11) is 0. The third-order valence-corrected chi connectivity index (χ3v) is 6.74. The van der Waals surface area contributed by atoms with E-state index in [-0.39, 0.29) is 0 Å². The third kappa shape index (κ3) is 5.18. The largest absolute Gasteiger partial charge is 0.342 e. The minimum absolute atomic E-state index is 0.293. The van der Waals surface area contributed by atoms with Gasteiger partial charge in [0.05, 0.1) is 0 Å². The number of carbonyl (C=O) groups excluding carboxylic acids is 1. The summed E-state index contributed by atoms with van der Waals surface area (Å²) in [6.45, 7) is 17.1. The first-order valence-corrected chi connectivity index (χ1v) is 10.7. The molecule has 0 atom stereocenters. The van der Waals surface area contributed by atoms with Gasteiger partial charge in [0.25, 0.3) is 0 Å². The van der Waals surface area contributed by atoms with Crippen LogP contribution in [0.1, 0.15) is 39.5 Å². The molecule has 3 aliphatic rings. The lowest BCUT2D eigenvalue weighted by molar-refractivity contribution is -0.138. The molecule has 3 saturated heterocycles. The fraction of sp³-hybridized carbons (Fsp3) is 0.950. The van der Waals surface area contributed by atoms with Crippen LogP contribution in [0.2, 0.25) is 0 Å². The fourth-order valence-electron chi connectivity index (χ4n) is 4.74. The van der Waals surface area contributed by atoms with Crippen LogP contribution in [-0.4, -0.2) is 97.5 Å². The van der Waals surface area contributed by atoms with Gasteiger partial charge in [0.15, 0.2) is 0 Å². The summed E-state index contributed by atoms with van der Waals surface area (Å²) in [5.74, 6) is 1.53. The first kappa shape index (κ1) is 19.1. The van der Waals surface area contributed by atoms with Crippen molar-refractivity contribution in [3.05, 3.63) is 0 Å². The Kier molecular flexibility index (Phi) is 7.14. The van der Waals surface area contributed by atoms with E-state index in [1.165, 1.54) is 52.1 Å². The molecule has 1 amide bonds. The van der Waals surface area contributed by atoms with Crippen LogP contribution < -0.4 is 0 Å². The summed E-state index contributed by atoms with van der Waals surface area (Å²) in [4.78, 5) is 22.6. The molecule has 0 aromatic rings. The van der Waals surface area contributed by atoms with E-state index in [0.717, 1.165) is 51.5 Å². The number of hydrogen-bond donors (Lipinski definition) is 0. The molecular formula is C20H38N4O. The van der Waals surface area contributed by atoms with Gasteiger partial charge in [0, 0.05) is 51.7 Å². The molecule has 144 valence electrons. The van der Waals surface area contributed by atoms with Crippen molar-refractivity contribution in [3.63, 3.8) is 0 Å². The van der Waals surface area contributed by atoms with Crippen LogP contribution in [0.3, 0.4) is 0 Å². The summed E-state index contributed by atoms with van der Waals surface area (Å²) >= 11 is 0. The predicted octanol–water partition coefficient (Wildman–Crippen LogP) is 1.59. The highest BCUT2D eigenvalue weighted by molar-refractivity contribution is 5.79. The normalized spacial score (nSPS) is 26.2. The Bertz CT molecular complexity index is 406. The van der Waals surface area contributed by atoms with Crippen molar-refractivity contribution in [2.75, 3.05) is 72.0 Å². The Balaban J connectivity index is 1.36. The number of amides is 1. The van der Waals surface area contributed by atoms with Gasteiger partial charge >= 0.3 is 0 Å². The van der Waals surface area contributed by atoms with Crippen molar-refractivity contribution in [2.24, 2.45) is 11.8 Å². The summed E-state index contributed by atoms with van der Waals surface area (Å²) in [5, 5.41) is 0. The van der Waals surface area contributed by atoms with E-state index in [1.54, 1.807) is 0 Å². The predicted molar refractivity (Wildman–Crippen MR) is 103 cm³/mol. The van der Waals surface area contributed by atoms with Crippen LogP contribution in [0.5, 0.6) is 0 Å². The summed E-state index contributed by atoms with van der Waals surface area (Å²) in [6, 6.07) is 0. The maximum atomic E-state index is 12.8. The van der Waals surface area contributed by atoms with Gasteiger partial charge in [-0.1, -0.05) is 13.8 Å². The molecular weight excluding hydrogens is 312 g/mol. The average molecular weight is 351 g/mol. The summed E-state index contributed by atoms with van der Waals surface area (Å²) in [5.41, 5.74) is 0. The number of likely N-dealkylation sites (N-methyl/N-ethyl adjacent to an activating group) is 1. The zero-order chi connectivity index (χ0) is 17.6. The van der Waals surface area contributed by atoms with Crippen molar-refractivity contribution in [1.82, 2.24) is 19.6 Å². The van der Waals surface area contributed by atoms with Crippen molar-refractivity contribution >= 4 is 5.91 Å². The number of hydrogen-bond acceptors (Lipinski definition) is 4. The molecule has 0 radical (unpaired) electrons. The van der Waals surface area contributed by atoms with Gasteiger partial charge < -0.3 is 19.6 Å². The van der Waals surface area contributed by atoms with E-state index in [9.17, 15) is 4.79 Å². The molecule has 0 unspecified atom stereocenters. The Morgan fingerprint density at radius 1 is 0.720 bits per heavy atom. The number of carbonyl (C=O) groups is 1. The van der Waals surface area contributed by atoms with Gasteiger partial charge in [-0.15, -0.1) is 0 Å². The third-order valence-electron chi connectivity index (χ3n) is 6.74. The molecule has 0 N–H and O–H groups in total. The quantitative estimate of drug-likeness (QED) is 0.753. The Hall–Kier alpha value is -0.650. The molecule has 0 aromatic carbocycles. The van der Waals surface area contributed by atoms with Crippen LogP contribution in [0.4, 0.5) is 0 Å². The minimum Gasteiger partial charge on any atom is -0.342 e. The second kappa shape index (κ2) is 9.33. The zero-order valence-electron chi connectivity index (χ0n) is 16.5. The van der Waals surface area contributed by atoms with Gasteiger partial charge in [0.2, 0.25) is 5.91 Å². The standard InChI is InChI=1S/C20H38N4O/c1-3-21-9-7-19(8-10-21)20(25)24-11-5-18(6-12-24)17-23-15-13-22(4-2)14-16-23/h18-19H,3-17H2,1-2H3. The van der Waals surface area contributed by atoms with Gasteiger partial charge in [-0.3, -0.25) is 4.79 Å². The topological polar surface area (TPSA) is 30.0 Å². The maximum absolute atomic E-state index is 12.8. The Labute approximate surface area is 154 Å². The zero-order valence-corrected chi connectivity index (χ0v) is 16.5. The highest BCUT2D eigenvalue weighted by atomic mass is 16.2. The number of piperazine rings is 1. The lowest BCUT2D eigenvalue weighted by Crippen LogP contribution is -2.49. The smallest absolute Gasteiger partial charge is 0.225 e. The molecule has 5 heteroatoms. The molecule has 0 bridgehead atoms. The Morgan fingerprint density at radius 2 is 1.24 bits per heavy atom. The molecule has 3 rings (SSSR count). The lowest BCUT2D eigenvalue weighted by Gasteiger charge is -2.40. The molecule has 3 aliphatic heterocycles. The van der Waals surface area contributed by atoms with E-state index in [4.69, 9.17) is 0 Å². The van der Waals surface area contributed by atoms with Gasteiger partial charge in [-0.2, -0.15) is 0 Å². The monoisotopic (exact) mass is 350 g/mol. The first-order chi connectivity index (χ1) is 12.2. The van der Waals surface area contributed by atoms with Crippen LogP contribution in [0.25, 0.3) is 0 Å². The second-order valence-corrected chi connectivity index (χ2v) is 8.21. The van der Waals surface area contributed by atoms with E-state index in [1.807, 2.05) is 0 Å². The Morgan fingerprint density at radius 3 is 1.80 bits per heavy atom. The molecule has 5 nitrogen and oxygen atoms in total. The SMILES string of the molecule is CCN1CCC(C(=O)N2CCC(CN3CCN(CC)CC3)CC2)CC1. The van der Waals surface area contributed by atoms with Crippen LogP contribution in [0.15, 0.2) is 0 Å². The van der Waals surface area contributed by atoms with Crippen molar-refractivity contribution < 1.29 is 4.79 Å². The van der Waals surface area contributed by atoms with E-state index in [0.29, 0.717) is 11.8 Å². The number of likely N-dealkylation sites (tertiary alicyclic amines) is 2. The van der Waals surface area contributed by atoms with E-state index in [2.05, 4.69) is 33.4 Å². The highest BCUT2D eigenvalue weighted by Gasteiger charge is 2.31. The van der Waals surface area contributed by atoms with Crippen LogP contribution >= 0.6 is 0 Å². The van der Waals surface area contributed by atoms with Crippen molar-refractivity contribution in [1.29, 1.82) is 0 Å². The maximum Gasteiger partial charge on any atom is 0.225 e. The van der Waals surface area contributed by atoms with Crippen molar-refractivity contribution in [2.45, 2.75) is 39.5 Å². The molecule has 25 heavy (non-hydrogen) atoms. The first-order valence-electron chi connectivity index (χ1n) is 10.7. The minimum atomic E-state index is 0.293. The molecule has 0 aromatic heterocycles. The fourth-order valence-corrected chi connectivity index (χ4v) is 4.74.